The molecular weight excluding hydrogens is 318 g/mol. The first-order chi connectivity index (χ1) is 10.4. The lowest BCUT2D eigenvalue weighted by Gasteiger charge is -2.19. The van der Waals surface area contributed by atoms with Gasteiger partial charge in [-0.25, -0.2) is 13.4 Å². The molecule has 0 aliphatic carbocycles. The van der Waals surface area contributed by atoms with E-state index < -0.39 is 15.1 Å². The van der Waals surface area contributed by atoms with Crippen LogP contribution in [-0.2, 0) is 9.84 Å². The number of rotatable bonds is 4. The lowest BCUT2D eigenvalue weighted by atomic mass is 10.2. The van der Waals surface area contributed by atoms with E-state index in [1.54, 1.807) is 17.8 Å². The summed E-state index contributed by atoms with van der Waals surface area (Å²) in [5, 5.41) is 3.62. The van der Waals surface area contributed by atoms with Crippen LogP contribution >= 0.6 is 11.3 Å². The topological polar surface area (TPSA) is 64.8 Å². The molecular formula is C15H17N3O2S2. The maximum absolute atomic E-state index is 12.8. The predicted molar refractivity (Wildman–Crippen MR) is 87.9 cm³/mol. The third-order valence-electron chi connectivity index (χ3n) is 3.83. The second-order valence-electron chi connectivity index (χ2n) is 5.44. The Morgan fingerprint density at radius 2 is 1.95 bits per heavy atom. The van der Waals surface area contributed by atoms with Gasteiger partial charge in [-0.05, 0) is 38.5 Å². The van der Waals surface area contributed by atoms with Gasteiger partial charge in [-0.15, -0.1) is 11.3 Å². The van der Waals surface area contributed by atoms with Gasteiger partial charge in [0, 0.05) is 6.20 Å². The van der Waals surface area contributed by atoms with Gasteiger partial charge in [0.2, 0.25) is 14.2 Å². The van der Waals surface area contributed by atoms with Gasteiger partial charge in [-0.3, -0.25) is 4.68 Å². The van der Waals surface area contributed by atoms with Crippen molar-refractivity contribution in [2.75, 3.05) is 0 Å². The second kappa shape index (κ2) is 5.48. The molecule has 2 aromatic heterocycles. The Balaban J connectivity index is 1.97. The molecule has 0 saturated heterocycles. The molecule has 0 amide bonds. The van der Waals surface area contributed by atoms with Crippen molar-refractivity contribution in [2.24, 2.45) is 0 Å². The Hall–Kier alpha value is -1.73. The molecule has 3 aromatic rings. The van der Waals surface area contributed by atoms with Crippen LogP contribution in [0.25, 0.3) is 10.2 Å². The minimum absolute atomic E-state index is 0.178. The van der Waals surface area contributed by atoms with E-state index in [9.17, 15) is 8.42 Å². The molecule has 0 bridgehead atoms. The zero-order valence-electron chi connectivity index (χ0n) is 12.6. The third kappa shape index (κ3) is 2.55. The first-order valence-electron chi connectivity index (χ1n) is 7.00. The van der Waals surface area contributed by atoms with E-state index in [2.05, 4.69) is 10.1 Å². The van der Waals surface area contributed by atoms with Crippen molar-refractivity contribution in [3.8, 4) is 0 Å². The molecule has 0 radical (unpaired) electrons. The van der Waals surface area contributed by atoms with Crippen LogP contribution in [-0.4, -0.2) is 28.4 Å². The van der Waals surface area contributed by atoms with E-state index >= 15 is 0 Å². The Morgan fingerprint density at radius 3 is 2.59 bits per heavy atom. The summed E-state index contributed by atoms with van der Waals surface area (Å²) in [5.74, 6) is 0. The summed E-state index contributed by atoms with van der Waals surface area (Å²) >= 11 is 1.22. The van der Waals surface area contributed by atoms with Crippen LogP contribution in [0.5, 0.6) is 0 Å². The molecule has 0 saturated carbocycles. The first kappa shape index (κ1) is 15.2. The number of nitrogens with zero attached hydrogens (tertiary/aromatic N) is 3. The summed E-state index contributed by atoms with van der Waals surface area (Å²) in [7, 11) is -3.49. The Kier molecular flexibility index (Phi) is 3.78. The molecule has 0 N–H and O–H groups in total. The summed E-state index contributed by atoms with van der Waals surface area (Å²) in [6.45, 7) is 5.51. The van der Waals surface area contributed by atoms with Crippen molar-refractivity contribution in [1.82, 2.24) is 14.8 Å². The molecule has 2 unspecified atom stereocenters. The summed E-state index contributed by atoms with van der Waals surface area (Å²) in [6.07, 6.45) is 3.59. The van der Waals surface area contributed by atoms with Gasteiger partial charge in [0.15, 0.2) is 0 Å². The van der Waals surface area contributed by atoms with Crippen molar-refractivity contribution < 1.29 is 8.42 Å². The van der Waals surface area contributed by atoms with Crippen LogP contribution in [0.4, 0.5) is 0 Å². The molecule has 22 heavy (non-hydrogen) atoms. The molecule has 0 fully saturated rings. The van der Waals surface area contributed by atoms with Gasteiger partial charge in [0.25, 0.3) is 0 Å². The minimum atomic E-state index is -3.49. The minimum Gasteiger partial charge on any atom is -0.268 e. The van der Waals surface area contributed by atoms with Gasteiger partial charge >= 0.3 is 0 Å². The zero-order chi connectivity index (χ0) is 15.9. The highest BCUT2D eigenvalue weighted by molar-refractivity contribution is 7.94. The number of aromatic nitrogens is 3. The van der Waals surface area contributed by atoms with Crippen LogP contribution in [0.3, 0.4) is 0 Å². The van der Waals surface area contributed by atoms with E-state index in [-0.39, 0.29) is 10.4 Å². The summed E-state index contributed by atoms with van der Waals surface area (Å²) < 4.78 is 28.4. The molecule has 5 nitrogen and oxygen atoms in total. The third-order valence-corrected chi connectivity index (χ3v) is 7.56. The molecule has 116 valence electrons. The quantitative estimate of drug-likeness (QED) is 0.734. The number of benzene rings is 1. The lowest BCUT2D eigenvalue weighted by molar-refractivity contribution is 0.464. The molecule has 0 aliphatic rings. The lowest BCUT2D eigenvalue weighted by Crippen LogP contribution is -2.28. The van der Waals surface area contributed by atoms with E-state index in [1.807, 2.05) is 44.3 Å². The van der Waals surface area contributed by atoms with Gasteiger partial charge in [0.1, 0.15) is 0 Å². The highest BCUT2D eigenvalue weighted by atomic mass is 32.2. The average Bonchev–Trinajstić information content (AvgIpc) is 3.11. The normalized spacial score (nSPS) is 15.0. The summed E-state index contributed by atoms with van der Waals surface area (Å²) in [6, 6.07) is 7.20. The van der Waals surface area contributed by atoms with Gasteiger partial charge in [0.05, 0.1) is 27.7 Å². The fourth-order valence-electron chi connectivity index (χ4n) is 2.26. The molecule has 0 aliphatic heterocycles. The standard InChI is InChI=1S/C15H17N3O2S2/c1-10-8-16-18(9-10)11(2)12(3)22(19,20)15-17-13-6-4-5-7-14(13)21-15/h4-9,11-12H,1-3H3. The van der Waals surface area contributed by atoms with Crippen molar-refractivity contribution in [3.05, 3.63) is 42.2 Å². The van der Waals surface area contributed by atoms with Crippen LogP contribution in [0.1, 0.15) is 25.5 Å². The molecule has 2 atom stereocenters. The van der Waals surface area contributed by atoms with Crippen molar-refractivity contribution in [1.29, 1.82) is 0 Å². The van der Waals surface area contributed by atoms with Crippen molar-refractivity contribution in [3.63, 3.8) is 0 Å². The van der Waals surface area contributed by atoms with Gasteiger partial charge < -0.3 is 0 Å². The SMILES string of the molecule is Cc1cnn(C(C)C(C)S(=O)(=O)c2nc3ccccc3s2)c1. The fourth-order valence-corrected chi connectivity index (χ4v) is 5.34. The maximum atomic E-state index is 12.8. The molecule has 3 rings (SSSR count). The first-order valence-corrected chi connectivity index (χ1v) is 9.36. The Bertz CT molecular complexity index is 879. The van der Waals surface area contributed by atoms with Crippen LogP contribution < -0.4 is 0 Å². The van der Waals surface area contributed by atoms with Crippen LogP contribution in [0, 0.1) is 6.92 Å². The van der Waals surface area contributed by atoms with E-state index in [1.165, 1.54) is 11.3 Å². The smallest absolute Gasteiger partial charge is 0.210 e. The fraction of sp³-hybridized carbons (Fsp3) is 0.333. The van der Waals surface area contributed by atoms with E-state index in [0.717, 1.165) is 15.8 Å². The molecule has 2 heterocycles. The predicted octanol–water partition coefficient (Wildman–Crippen LogP) is 3.22. The van der Waals surface area contributed by atoms with Gasteiger partial charge in [-0.2, -0.15) is 5.10 Å². The Morgan fingerprint density at radius 1 is 1.23 bits per heavy atom. The van der Waals surface area contributed by atoms with Crippen LogP contribution in [0.15, 0.2) is 41.0 Å². The van der Waals surface area contributed by atoms with Crippen LogP contribution in [0.2, 0.25) is 0 Å². The van der Waals surface area contributed by atoms with Crippen molar-refractivity contribution in [2.45, 2.75) is 36.4 Å². The average molecular weight is 335 g/mol. The summed E-state index contributed by atoms with van der Waals surface area (Å²) in [4.78, 5) is 4.29. The number of hydrogen-bond acceptors (Lipinski definition) is 5. The number of thiazole rings is 1. The molecule has 7 heteroatoms. The maximum Gasteiger partial charge on any atom is 0.210 e. The molecule has 0 spiro atoms. The number of fused-ring (bicyclic) bond motifs is 1. The number of sulfone groups is 1. The highest BCUT2D eigenvalue weighted by Crippen LogP contribution is 2.30. The Labute approximate surface area is 133 Å². The monoisotopic (exact) mass is 335 g/mol. The molecule has 1 aromatic carbocycles. The largest absolute Gasteiger partial charge is 0.268 e. The van der Waals surface area contributed by atoms with Gasteiger partial charge in [-0.1, -0.05) is 12.1 Å². The zero-order valence-corrected chi connectivity index (χ0v) is 14.2. The summed E-state index contributed by atoms with van der Waals surface area (Å²) in [5.41, 5.74) is 1.73. The van der Waals surface area contributed by atoms with E-state index in [4.69, 9.17) is 0 Å². The second-order valence-corrected chi connectivity index (χ2v) is 8.95. The number of aryl methyl sites for hydroxylation is 1. The van der Waals surface area contributed by atoms with Crippen molar-refractivity contribution >= 4 is 31.4 Å². The number of hydrogen-bond donors (Lipinski definition) is 0. The van der Waals surface area contributed by atoms with E-state index in [0.29, 0.717) is 0 Å². The highest BCUT2D eigenvalue weighted by Gasteiger charge is 2.32. The number of para-hydroxylation sites is 1.